The average Bonchev–Trinajstić information content (AvgIpc) is 3.47. The minimum atomic E-state index is -0.801. The Bertz CT molecular complexity index is 1090. The Hall–Kier alpha value is -2.38. The van der Waals surface area contributed by atoms with Gasteiger partial charge < -0.3 is 19.3 Å². The molecule has 0 aromatic heterocycles. The highest BCUT2D eigenvalue weighted by Crippen LogP contribution is 2.55. The molecule has 0 saturated heterocycles. The molecule has 1 heterocycles. The summed E-state index contributed by atoms with van der Waals surface area (Å²) in [6.45, 7) is 3.08. The van der Waals surface area contributed by atoms with Gasteiger partial charge in [0.15, 0.2) is 0 Å². The fourth-order valence-electron chi connectivity index (χ4n) is 5.32. The highest BCUT2D eigenvalue weighted by Gasteiger charge is 2.41. The van der Waals surface area contributed by atoms with Crippen molar-refractivity contribution in [2.45, 2.75) is 42.3 Å². The van der Waals surface area contributed by atoms with Gasteiger partial charge in [0.1, 0.15) is 17.1 Å². The molecule has 1 N–H and O–H groups in total. The molecule has 0 radical (unpaired) electrons. The van der Waals surface area contributed by atoms with Crippen LogP contribution in [0.15, 0.2) is 89.7 Å². The summed E-state index contributed by atoms with van der Waals surface area (Å²) in [4.78, 5) is 0. The minimum Gasteiger partial charge on any atom is -0.497 e. The van der Waals surface area contributed by atoms with Crippen molar-refractivity contribution < 1.29 is 19.3 Å². The Morgan fingerprint density at radius 3 is 1.79 bits per heavy atom. The van der Waals surface area contributed by atoms with Crippen molar-refractivity contribution in [1.82, 2.24) is 0 Å². The van der Waals surface area contributed by atoms with E-state index < -0.39 is 5.60 Å². The third-order valence-corrected chi connectivity index (χ3v) is 10.5. The maximum atomic E-state index is 9.55. The molecule has 0 spiro atoms. The van der Waals surface area contributed by atoms with E-state index in [-0.39, 0.29) is 10.7 Å². The van der Waals surface area contributed by atoms with Gasteiger partial charge in [-0.2, -0.15) is 0 Å². The van der Waals surface area contributed by atoms with Crippen molar-refractivity contribution >= 4 is 23.5 Å². The van der Waals surface area contributed by atoms with Crippen LogP contribution in [0.5, 0.6) is 11.5 Å². The van der Waals surface area contributed by atoms with E-state index in [1.165, 1.54) is 0 Å². The molecule has 1 unspecified atom stereocenters. The van der Waals surface area contributed by atoms with Crippen LogP contribution < -0.4 is 9.47 Å². The van der Waals surface area contributed by atoms with Gasteiger partial charge in [0.25, 0.3) is 0 Å². The predicted octanol–water partition coefficient (Wildman–Crippen LogP) is 7.85. The van der Waals surface area contributed by atoms with E-state index in [4.69, 9.17) is 14.2 Å². The van der Waals surface area contributed by atoms with Crippen molar-refractivity contribution in [3.8, 4) is 11.5 Å². The van der Waals surface area contributed by atoms with Crippen LogP contribution in [0.3, 0.4) is 0 Å². The van der Waals surface area contributed by atoms with Crippen LogP contribution >= 0.6 is 23.5 Å². The smallest absolute Gasteiger partial charge is 0.143 e. The van der Waals surface area contributed by atoms with E-state index in [1.54, 1.807) is 14.2 Å². The summed E-state index contributed by atoms with van der Waals surface area (Å²) >= 11 is 3.81. The second-order valence-corrected chi connectivity index (χ2v) is 12.1. The standard InChI is InChI=1S/C32H38O4S2/c1-4-25(31(20-8-21-33)37-23-24-38-31)19-22-36-32(26-9-6-5-7-10-26,27-11-15-29(34-2)16-12-27)28-13-17-30(35-3)18-14-28/h5-7,9-18,23-25,33H,4,8,19-22H2,1-3H3. The summed E-state index contributed by atoms with van der Waals surface area (Å²) in [6, 6.07) is 26.8. The first kappa shape index (κ1) is 28.6. The molecule has 0 fully saturated rings. The molecule has 4 nitrogen and oxygen atoms in total. The van der Waals surface area contributed by atoms with Gasteiger partial charge in [-0.15, -0.1) is 23.5 Å². The molecule has 0 saturated carbocycles. The molecule has 3 aromatic carbocycles. The SMILES string of the molecule is CCC(CCOC(c1ccccc1)(c1ccc(OC)cc1)c1ccc(OC)cc1)C1(CCCO)SC=CS1. The second kappa shape index (κ2) is 13.6. The molecule has 202 valence electrons. The third-order valence-electron chi connectivity index (χ3n) is 7.35. The molecule has 1 atom stereocenters. The van der Waals surface area contributed by atoms with Crippen LogP contribution in [0.1, 0.15) is 49.3 Å². The van der Waals surface area contributed by atoms with E-state index in [2.05, 4.69) is 66.3 Å². The molecule has 1 aliphatic rings. The summed E-state index contributed by atoms with van der Waals surface area (Å²) in [7, 11) is 3.37. The molecule has 6 heteroatoms. The van der Waals surface area contributed by atoms with Crippen molar-refractivity contribution in [3.05, 3.63) is 106 Å². The van der Waals surface area contributed by atoms with Gasteiger partial charge in [-0.05, 0) is 77.0 Å². The maximum Gasteiger partial charge on any atom is 0.143 e. The highest BCUT2D eigenvalue weighted by molar-refractivity contribution is 8.23. The first-order valence-electron chi connectivity index (χ1n) is 13.2. The molecule has 4 rings (SSSR count). The van der Waals surface area contributed by atoms with Crippen LogP contribution in [0.4, 0.5) is 0 Å². The van der Waals surface area contributed by atoms with Crippen LogP contribution in [-0.4, -0.2) is 36.6 Å². The van der Waals surface area contributed by atoms with Crippen LogP contribution in [0.2, 0.25) is 0 Å². The third kappa shape index (κ3) is 6.09. The first-order valence-corrected chi connectivity index (χ1v) is 15.0. The van der Waals surface area contributed by atoms with E-state index in [1.807, 2.05) is 53.9 Å². The predicted molar refractivity (Wildman–Crippen MR) is 160 cm³/mol. The van der Waals surface area contributed by atoms with Crippen molar-refractivity contribution in [3.63, 3.8) is 0 Å². The molecule has 1 aliphatic heterocycles. The first-order chi connectivity index (χ1) is 18.6. The number of methoxy groups -OCH3 is 2. The Kier molecular flexibility index (Phi) is 10.3. The number of hydrogen-bond acceptors (Lipinski definition) is 6. The number of aliphatic hydroxyl groups is 1. The zero-order valence-electron chi connectivity index (χ0n) is 22.5. The van der Waals surface area contributed by atoms with Crippen LogP contribution in [0.25, 0.3) is 0 Å². The van der Waals surface area contributed by atoms with Crippen LogP contribution in [-0.2, 0) is 10.3 Å². The number of aliphatic hydroxyl groups excluding tert-OH is 1. The lowest BCUT2D eigenvalue weighted by atomic mass is 9.80. The monoisotopic (exact) mass is 550 g/mol. The van der Waals surface area contributed by atoms with Crippen LogP contribution in [0, 0.1) is 5.92 Å². The summed E-state index contributed by atoms with van der Waals surface area (Å²) < 4.78 is 18.1. The van der Waals surface area contributed by atoms with E-state index >= 15 is 0 Å². The summed E-state index contributed by atoms with van der Waals surface area (Å²) in [6.07, 6.45) is 3.76. The number of hydrogen-bond donors (Lipinski definition) is 1. The normalized spacial score (nSPS) is 15.4. The second-order valence-electron chi connectivity index (χ2n) is 9.39. The fraction of sp³-hybridized carbons (Fsp3) is 0.375. The Morgan fingerprint density at radius 1 is 0.789 bits per heavy atom. The van der Waals surface area contributed by atoms with Crippen molar-refractivity contribution in [1.29, 1.82) is 0 Å². The van der Waals surface area contributed by atoms with Gasteiger partial charge in [-0.1, -0.05) is 67.9 Å². The Morgan fingerprint density at radius 2 is 1.32 bits per heavy atom. The lowest BCUT2D eigenvalue weighted by molar-refractivity contribution is 0.00452. The summed E-state index contributed by atoms with van der Waals surface area (Å²) in [5, 5.41) is 14.0. The minimum absolute atomic E-state index is 0.0521. The molecule has 0 bridgehead atoms. The van der Waals surface area contributed by atoms with Gasteiger partial charge in [-0.3, -0.25) is 0 Å². The molecular weight excluding hydrogens is 512 g/mol. The number of thioether (sulfide) groups is 2. The highest BCUT2D eigenvalue weighted by atomic mass is 32.2. The zero-order valence-corrected chi connectivity index (χ0v) is 24.1. The van der Waals surface area contributed by atoms with Gasteiger partial charge in [0.05, 0.1) is 18.3 Å². The lowest BCUT2D eigenvalue weighted by Gasteiger charge is -2.39. The number of rotatable bonds is 14. The maximum absolute atomic E-state index is 9.55. The zero-order chi connectivity index (χ0) is 26.8. The topological polar surface area (TPSA) is 47.9 Å². The summed E-state index contributed by atoms with van der Waals surface area (Å²) in [5.41, 5.74) is 2.36. The molecule has 3 aromatic rings. The lowest BCUT2D eigenvalue weighted by Crippen LogP contribution is -2.35. The summed E-state index contributed by atoms with van der Waals surface area (Å²) in [5.74, 6) is 2.06. The van der Waals surface area contributed by atoms with Gasteiger partial charge in [0, 0.05) is 13.2 Å². The Balaban J connectivity index is 1.72. The van der Waals surface area contributed by atoms with Crippen molar-refractivity contribution in [2.75, 3.05) is 27.4 Å². The largest absolute Gasteiger partial charge is 0.497 e. The molecule has 0 amide bonds. The molecule has 38 heavy (non-hydrogen) atoms. The van der Waals surface area contributed by atoms with Crippen molar-refractivity contribution in [2.24, 2.45) is 5.92 Å². The van der Waals surface area contributed by atoms with Gasteiger partial charge in [0.2, 0.25) is 0 Å². The number of benzene rings is 3. The fourth-order valence-corrected chi connectivity index (χ4v) is 8.26. The molecule has 0 aliphatic carbocycles. The Labute approximate surface area is 235 Å². The van der Waals surface area contributed by atoms with Gasteiger partial charge in [-0.25, -0.2) is 0 Å². The van der Waals surface area contributed by atoms with Gasteiger partial charge >= 0.3 is 0 Å². The molecular formula is C32H38O4S2. The van der Waals surface area contributed by atoms with E-state index in [9.17, 15) is 5.11 Å². The quantitative estimate of drug-likeness (QED) is 0.206. The average molecular weight is 551 g/mol. The number of ether oxygens (including phenoxy) is 3. The van der Waals surface area contributed by atoms with E-state index in [0.717, 1.165) is 53.9 Å². The van der Waals surface area contributed by atoms with E-state index in [0.29, 0.717) is 12.5 Å².